The first-order valence-electron chi connectivity index (χ1n) is 4.85. The van der Waals surface area contributed by atoms with Crippen LogP contribution in [0.5, 0.6) is 0 Å². The lowest BCUT2D eigenvalue weighted by Crippen LogP contribution is -2.37. The Morgan fingerprint density at radius 3 is 2.25 bits per heavy atom. The van der Waals surface area contributed by atoms with Crippen LogP contribution in [0.4, 0.5) is 0 Å². The maximum Gasteiger partial charge on any atom is 0.138 e. The van der Waals surface area contributed by atoms with Crippen LogP contribution in [0.3, 0.4) is 0 Å². The first-order valence-corrected chi connectivity index (χ1v) is 4.85. The molecule has 1 saturated heterocycles. The van der Waals surface area contributed by atoms with Crippen molar-refractivity contribution in [2.45, 2.75) is 51.6 Å². The van der Waals surface area contributed by atoms with E-state index in [4.69, 9.17) is 4.74 Å². The Balaban J connectivity index is 1.97. The zero-order valence-electron chi connectivity index (χ0n) is 8.03. The largest absolute Gasteiger partial charge is 0.353 e. The zero-order valence-corrected chi connectivity index (χ0v) is 8.03. The first kappa shape index (κ1) is 8.27. The number of rotatable bonds is 2. The number of epoxide rings is 1. The van der Waals surface area contributed by atoms with Crippen LogP contribution < -0.4 is 0 Å². The van der Waals surface area contributed by atoms with Gasteiger partial charge in [-0.2, -0.15) is 0 Å². The number of hydrogen-bond acceptors (Lipinski definition) is 2. The van der Waals surface area contributed by atoms with Gasteiger partial charge in [0.1, 0.15) is 6.23 Å². The Labute approximate surface area is 74.2 Å². The highest BCUT2D eigenvalue weighted by Gasteiger charge is 2.46. The van der Waals surface area contributed by atoms with Crippen molar-refractivity contribution < 1.29 is 4.74 Å². The first-order chi connectivity index (χ1) is 5.74. The molecule has 0 saturated carbocycles. The zero-order chi connectivity index (χ0) is 8.72. The normalized spacial score (nSPS) is 46.9. The molecule has 0 N–H and O–H groups in total. The second-order valence-corrected chi connectivity index (χ2v) is 3.79. The summed E-state index contributed by atoms with van der Waals surface area (Å²) in [6.07, 6.45) is 6.56. The Morgan fingerprint density at radius 2 is 1.83 bits per heavy atom. The van der Waals surface area contributed by atoms with Gasteiger partial charge in [-0.25, -0.2) is 0 Å². The van der Waals surface area contributed by atoms with Gasteiger partial charge in [0.25, 0.3) is 0 Å². The Kier molecular flexibility index (Phi) is 1.97. The SMILES string of the molecule is CCC1OC1N1C(C)C=CC1C. The third kappa shape index (κ3) is 1.19. The molecule has 4 atom stereocenters. The van der Waals surface area contributed by atoms with Gasteiger partial charge in [-0.1, -0.05) is 19.1 Å². The van der Waals surface area contributed by atoms with Crippen LogP contribution in [0.2, 0.25) is 0 Å². The molecular weight excluding hydrogens is 150 g/mol. The van der Waals surface area contributed by atoms with Gasteiger partial charge in [-0.05, 0) is 20.3 Å². The Bertz CT molecular complexity index is 190. The summed E-state index contributed by atoms with van der Waals surface area (Å²) in [4.78, 5) is 2.44. The minimum Gasteiger partial charge on any atom is -0.353 e. The molecule has 2 aliphatic rings. The molecule has 0 spiro atoms. The highest BCUT2D eigenvalue weighted by atomic mass is 16.6. The second kappa shape index (κ2) is 2.86. The van der Waals surface area contributed by atoms with Crippen LogP contribution in [-0.4, -0.2) is 29.3 Å². The van der Waals surface area contributed by atoms with Crippen molar-refractivity contribution in [1.82, 2.24) is 4.90 Å². The van der Waals surface area contributed by atoms with Crippen molar-refractivity contribution in [3.05, 3.63) is 12.2 Å². The number of ether oxygens (including phenoxy) is 1. The second-order valence-electron chi connectivity index (χ2n) is 3.79. The molecule has 2 heteroatoms. The van der Waals surface area contributed by atoms with Gasteiger partial charge >= 0.3 is 0 Å². The van der Waals surface area contributed by atoms with Crippen molar-refractivity contribution >= 4 is 0 Å². The molecule has 4 unspecified atom stereocenters. The van der Waals surface area contributed by atoms with E-state index in [0.29, 0.717) is 24.4 Å². The molecule has 2 aliphatic heterocycles. The standard InChI is InChI=1S/C10H17NO/c1-4-9-10(12-9)11-7(2)5-6-8(11)3/h5-10H,4H2,1-3H3. The lowest BCUT2D eigenvalue weighted by molar-refractivity contribution is 0.143. The van der Waals surface area contributed by atoms with Gasteiger partial charge < -0.3 is 4.74 Å². The van der Waals surface area contributed by atoms with Gasteiger partial charge in [0, 0.05) is 12.1 Å². The lowest BCUT2D eigenvalue weighted by atomic mass is 10.2. The maximum atomic E-state index is 5.58. The fraction of sp³-hybridized carbons (Fsp3) is 0.800. The van der Waals surface area contributed by atoms with E-state index in [2.05, 4.69) is 37.8 Å². The highest BCUT2D eigenvalue weighted by molar-refractivity contribution is 5.10. The van der Waals surface area contributed by atoms with E-state index in [-0.39, 0.29) is 0 Å². The smallest absolute Gasteiger partial charge is 0.138 e. The van der Waals surface area contributed by atoms with Gasteiger partial charge in [0.2, 0.25) is 0 Å². The molecule has 0 aliphatic carbocycles. The quantitative estimate of drug-likeness (QED) is 0.460. The van der Waals surface area contributed by atoms with Crippen molar-refractivity contribution in [2.75, 3.05) is 0 Å². The number of hydrogen-bond donors (Lipinski definition) is 0. The molecule has 12 heavy (non-hydrogen) atoms. The summed E-state index contributed by atoms with van der Waals surface area (Å²) < 4.78 is 5.58. The summed E-state index contributed by atoms with van der Waals surface area (Å²) in [5.74, 6) is 0. The van der Waals surface area contributed by atoms with Crippen LogP contribution in [0.1, 0.15) is 27.2 Å². The van der Waals surface area contributed by atoms with E-state index < -0.39 is 0 Å². The number of nitrogens with zero attached hydrogens (tertiary/aromatic N) is 1. The molecular formula is C10H17NO. The van der Waals surface area contributed by atoms with E-state index in [1.54, 1.807) is 0 Å². The molecule has 2 heterocycles. The fourth-order valence-electron chi connectivity index (χ4n) is 2.05. The summed E-state index contributed by atoms with van der Waals surface area (Å²) >= 11 is 0. The van der Waals surface area contributed by atoms with Crippen molar-refractivity contribution in [1.29, 1.82) is 0 Å². The van der Waals surface area contributed by atoms with Crippen molar-refractivity contribution in [2.24, 2.45) is 0 Å². The fourth-order valence-corrected chi connectivity index (χ4v) is 2.05. The van der Waals surface area contributed by atoms with E-state index >= 15 is 0 Å². The topological polar surface area (TPSA) is 15.8 Å². The molecule has 0 aromatic heterocycles. The summed E-state index contributed by atoms with van der Waals surface area (Å²) in [5, 5.41) is 0. The molecule has 0 amide bonds. The average molecular weight is 167 g/mol. The monoisotopic (exact) mass is 167 g/mol. The van der Waals surface area contributed by atoms with Gasteiger partial charge in [-0.15, -0.1) is 0 Å². The molecule has 68 valence electrons. The third-order valence-electron chi connectivity index (χ3n) is 2.86. The molecule has 0 bridgehead atoms. The molecule has 2 nitrogen and oxygen atoms in total. The van der Waals surface area contributed by atoms with Gasteiger partial charge in [0.05, 0.1) is 6.10 Å². The molecule has 0 radical (unpaired) electrons. The molecule has 2 rings (SSSR count). The lowest BCUT2D eigenvalue weighted by Gasteiger charge is -2.23. The van der Waals surface area contributed by atoms with Crippen LogP contribution in [0.15, 0.2) is 12.2 Å². The van der Waals surface area contributed by atoms with E-state index in [1.165, 1.54) is 0 Å². The minimum atomic E-state index is 0.398. The molecule has 1 fully saturated rings. The van der Waals surface area contributed by atoms with E-state index in [1.807, 2.05) is 0 Å². The van der Waals surface area contributed by atoms with Gasteiger partial charge in [-0.3, -0.25) is 4.90 Å². The average Bonchev–Trinajstić information content (AvgIpc) is 2.74. The Hall–Kier alpha value is -0.340. The minimum absolute atomic E-state index is 0.398. The van der Waals surface area contributed by atoms with E-state index in [0.717, 1.165) is 6.42 Å². The summed E-state index contributed by atoms with van der Waals surface area (Å²) in [5.41, 5.74) is 0. The van der Waals surface area contributed by atoms with Crippen LogP contribution in [0.25, 0.3) is 0 Å². The van der Waals surface area contributed by atoms with E-state index in [9.17, 15) is 0 Å². The summed E-state index contributed by atoms with van der Waals surface area (Å²) in [6, 6.07) is 1.11. The highest BCUT2D eigenvalue weighted by Crippen LogP contribution is 2.34. The van der Waals surface area contributed by atoms with Crippen molar-refractivity contribution in [3.63, 3.8) is 0 Å². The molecule has 0 aromatic rings. The van der Waals surface area contributed by atoms with Gasteiger partial charge in [0.15, 0.2) is 0 Å². The van der Waals surface area contributed by atoms with Crippen LogP contribution in [0, 0.1) is 0 Å². The predicted molar refractivity (Wildman–Crippen MR) is 48.9 cm³/mol. The Morgan fingerprint density at radius 1 is 1.25 bits per heavy atom. The maximum absolute atomic E-state index is 5.58. The third-order valence-corrected chi connectivity index (χ3v) is 2.86. The van der Waals surface area contributed by atoms with Crippen LogP contribution >= 0.6 is 0 Å². The van der Waals surface area contributed by atoms with Crippen molar-refractivity contribution in [3.8, 4) is 0 Å². The summed E-state index contributed by atoms with van der Waals surface area (Å²) in [6.45, 7) is 6.65. The summed E-state index contributed by atoms with van der Waals surface area (Å²) in [7, 11) is 0. The molecule has 0 aromatic carbocycles. The van der Waals surface area contributed by atoms with Crippen LogP contribution in [-0.2, 0) is 4.74 Å². The predicted octanol–water partition coefficient (Wildman–Crippen LogP) is 1.77.